The predicted octanol–water partition coefficient (Wildman–Crippen LogP) is 2.99. The van der Waals surface area contributed by atoms with Crippen LogP contribution in [0.4, 0.5) is 0 Å². The molecule has 3 heterocycles. The largest absolute Gasteiger partial charge is 0.496 e. The van der Waals surface area contributed by atoms with Crippen LogP contribution < -0.4 is 20.4 Å². The molecule has 10 heteroatoms. The number of aryl methyl sites for hydroxylation is 1. The van der Waals surface area contributed by atoms with Crippen LogP contribution in [-0.4, -0.2) is 31.5 Å². The Morgan fingerprint density at radius 1 is 1.09 bits per heavy atom. The highest BCUT2D eigenvalue weighted by molar-refractivity contribution is 9.10. The highest BCUT2D eigenvalue weighted by Crippen LogP contribution is 2.32. The van der Waals surface area contributed by atoms with Gasteiger partial charge in [-0.05, 0) is 59.3 Å². The molecule has 2 aromatic carbocycles. The van der Waals surface area contributed by atoms with Crippen LogP contribution in [0.2, 0.25) is 0 Å². The van der Waals surface area contributed by atoms with Gasteiger partial charge in [-0.15, -0.1) is 0 Å². The van der Waals surface area contributed by atoms with Crippen molar-refractivity contribution < 1.29 is 4.74 Å². The maximum absolute atomic E-state index is 12.9. The molecule has 5 aromatic rings. The summed E-state index contributed by atoms with van der Waals surface area (Å²) in [5.41, 5.74) is 2.55. The zero-order valence-corrected chi connectivity index (χ0v) is 19.9. The third-order valence-electron chi connectivity index (χ3n) is 5.02. The fourth-order valence-electron chi connectivity index (χ4n) is 3.37. The van der Waals surface area contributed by atoms with Crippen molar-refractivity contribution in [2.75, 3.05) is 7.11 Å². The zero-order chi connectivity index (χ0) is 23.1. The number of hydrogen-bond acceptors (Lipinski definition) is 7. The highest BCUT2D eigenvalue weighted by atomic mass is 79.9. The minimum atomic E-state index is -0.441. The Morgan fingerprint density at radius 2 is 1.88 bits per heavy atom. The van der Waals surface area contributed by atoms with Gasteiger partial charge in [0.2, 0.25) is 4.96 Å². The molecule has 0 fully saturated rings. The van der Waals surface area contributed by atoms with E-state index in [1.165, 1.54) is 11.4 Å². The number of thiazole rings is 1. The van der Waals surface area contributed by atoms with E-state index in [2.05, 4.69) is 26.0 Å². The van der Waals surface area contributed by atoms with E-state index < -0.39 is 5.56 Å². The van der Waals surface area contributed by atoms with Crippen LogP contribution in [0.25, 0.3) is 28.0 Å². The standard InChI is InChI=1S/C23H16BrN5O3S/c1-13-21(30)25-23-29(26-13)22(31)19(33-23)11-15-12-28(16-6-4-3-5-7-16)27-20(15)14-8-9-18(32-2)17(24)10-14/h3-12H,1-2H3/b19-11-. The number of benzene rings is 2. The van der Waals surface area contributed by atoms with Crippen molar-refractivity contribution in [1.82, 2.24) is 24.4 Å². The zero-order valence-electron chi connectivity index (χ0n) is 17.5. The van der Waals surface area contributed by atoms with Gasteiger partial charge in [-0.3, -0.25) is 9.59 Å². The first kappa shape index (κ1) is 21.2. The summed E-state index contributed by atoms with van der Waals surface area (Å²) in [7, 11) is 1.61. The Balaban J connectivity index is 1.75. The van der Waals surface area contributed by atoms with Crippen molar-refractivity contribution in [2.24, 2.45) is 0 Å². The van der Waals surface area contributed by atoms with Crippen molar-refractivity contribution in [3.8, 4) is 22.7 Å². The third kappa shape index (κ3) is 3.87. The van der Waals surface area contributed by atoms with Gasteiger partial charge in [0, 0.05) is 17.3 Å². The number of aromatic nitrogens is 5. The first-order valence-corrected chi connectivity index (χ1v) is 11.5. The van der Waals surface area contributed by atoms with E-state index in [0.717, 1.165) is 32.6 Å². The first-order valence-electron chi connectivity index (χ1n) is 9.86. The van der Waals surface area contributed by atoms with Crippen LogP contribution >= 0.6 is 27.3 Å². The van der Waals surface area contributed by atoms with E-state index in [1.807, 2.05) is 54.7 Å². The molecule has 0 spiro atoms. The third-order valence-corrected chi connectivity index (χ3v) is 6.60. The van der Waals surface area contributed by atoms with Crippen molar-refractivity contribution in [2.45, 2.75) is 6.92 Å². The van der Waals surface area contributed by atoms with Crippen molar-refractivity contribution in [1.29, 1.82) is 0 Å². The van der Waals surface area contributed by atoms with Crippen LogP contribution in [0.15, 0.2) is 68.8 Å². The Labute approximate surface area is 199 Å². The van der Waals surface area contributed by atoms with E-state index in [4.69, 9.17) is 9.84 Å². The quantitative estimate of drug-likeness (QED) is 0.361. The molecule has 0 amide bonds. The number of nitrogens with zero attached hydrogens (tertiary/aromatic N) is 5. The van der Waals surface area contributed by atoms with Crippen LogP contribution in [-0.2, 0) is 0 Å². The lowest BCUT2D eigenvalue weighted by Gasteiger charge is -2.05. The number of methoxy groups -OCH3 is 1. The van der Waals surface area contributed by atoms with Crippen LogP contribution in [0, 0.1) is 6.92 Å². The second-order valence-electron chi connectivity index (χ2n) is 7.18. The lowest BCUT2D eigenvalue weighted by molar-refractivity contribution is 0.412. The minimum absolute atomic E-state index is 0.176. The summed E-state index contributed by atoms with van der Waals surface area (Å²) in [6.07, 6.45) is 3.62. The molecule has 0 saturated heterocycles. The Kier molecular flexibility index (Phi) is 5.39. The summed E-state index contributed by atoms with van der Waals surface area (Å²) in [6, 6.07) is 15.4. The van der Waals surface area contributed by atoms with Crippen molar-refractivity contribution in [3.05, 3.63) is 95.7 Å². The van der Waals surface area contributed by atoms with E-state index in [1.54, 1.807) is 17.9 Å². The molecule has 0 atom stereocenters. The molecular weight excluding hydrogens is 506 g/mol. The SMILES string of the molecule is COc1ccc(-c2nn(-c3ccccc3)cc2/C=c2\sc3nc(=O)c(C)nn3c2=O)cc1Br. The molecule has 5 rings (SSSR count). The number of rotatable bonds is 4. The number of ether oxygens (including phenoxy) is 1. The average molecular weight is 522 g/mol. The molecule has 0 aliphatic carbocycles. The highest BCUT2D eigenvalue weighted by Gasteiger charge is 2.15. The Morgan fingerprint density at radius 3 is 2.61 bits per heavy atom. The molecule has 0 radical (unpaired) electrons. The van der Waals surface area contributed by atoms with E-state index in [9.17, 15) is 9.59 Å². The number of halogens is 1. The summed E-state index contributed by atoms with van der Waals surface area (Å²) < 4.78 is 9.47. The van der Waals surface area contributed by atoms with Crippen molar-refractivity contribution in [3.63, 3.8) is 0 Å². The molecule has 0 unspecified atom stereocenters. The van der Waals surface area contributed by atoms with Gasteiger partial charge in [0.1, 0.15) is 17.1 Å². The van der Waals surface area contributed by atoms with E-state index in [0.29, 0.717) is 16.0 Å². The molecule has 0 N–H and O–H groups in total. The van der Waals surface area contributed by atoms with Gasteiger partial charge in [0.25, 0.3) is 11.1 Å². The summed E-state index contributed by atoms with van der Waals surface area (Å²) in [6.45, 7) is 1.53. The van der Waals surface area contributed by atoms with Crippen LogP contribution in [0.3, 0.4) is 0 Å². The second-order valence-corrected chi connectivity index (χ2v) is 9.04. The molecule has 33 heavy (non-hydrogen) atoms. The normalized spacial score (nSPS) is 11.9. The van der Waals surface area contributed by atoms with Crippen LogP contribution in [0.1, 0.15) is 11.3 Å². The van der Waals surface area contributed by atoms with Gasteiger partial charge in [0.05, 0.1) is 21.8 Å². The number of hydrogen-bond donors (Lipinski definition) is 0. The second kappa shape index (κ2) is 8.38. The van der Waals surface area contributed by atoms with Gasteiger partial charge in [0.15, 0.2) is 0 Å². The lowest BCUT2D eigenvalue weighted by atomic mass is 10.1. The Hall–Kier alpha value is -3.63. The maximum Gasteiger partial charge on any atom is 0.295 e. The Bertz CT molecular complexity index is 1670. The molecule has 8 nitrogen and oxygen atoms in total. The fraction of sp³-hybridized carbons (Fsp3) is 0.0870. The van der Waals surface area contributed by atoms with Gasteiger partial charge in [-0.2, -0.15) is 19.7 Å². The van der Waals surface area contributed by atoms with E-state index in [-0.39, 0.29) is 16.2 Å². The van der Waals surface area contributed by atoms with Gasteiger partial charge in [-0.1, -0.05) is 29.5 Å². The fourth-order valence-corrected chi connectivity index (χ4v) is 4.81. The molecule has 3 aromatic heterocycles. The average Bonchev–Trinajstić information content (AvgIpc) is 3.36. The monoisotopic (exact) mass is 521 g/mol. The minimum Gasteiger partial charge on any atom is -0.496 e. The molecule has 0 aliphatic rings. The molecular formula is C23H16BrN5O3S. The topological polar surface area (TPSA) is 91.4 Å². The first-order chi connectivity index (χ1) is 15.9. The smallest absolute Gasteiger partial charge is 0.295 e. The van der Waals surface area contributed by atoms with E-state index >= 15 is 0 Å². The molecule has 0 bridgehead atoms. The number of fused-ring (bicyclic) bond motifs is 1. The summed E-state index contributed by atoms with van der Waals surface area (Å²) in [5.74, 6) is 0.704. The summed E-state index contributed by atoms with van der Waals surface area (Å²) >= 11 is 4.64. The molecule has 0 aliphatic heterocycles. The summed E-state index contributed by atoms with van der Waals surface area (Å²) in [4.78, 5) is 29.0. The lowest BCUT2D eigenvalue weighted by Crippen LogP contribution is -2.27. The maximum atomic E-state index is 12.9. The van der Waals surface area contributed by atoms with Gasteiger partial charge in [-0.25, -0.2) is 4.68 Å². The van der Waals surface area contributed by atoms with Crippen LogP contribution in [0.5, 0.6) is 5.75 Å². The van der Waals surface area contributed by atoms with Gasteiger partial charge < -0.3 is 4.74 Å². The van der Waals surface area contributed by atoms with Gasteiger partial charge >= 0.3 is 0 Å². The summed E-state index contributed by atoms with van der Waals surface area (Å²) in [5, 5.41) is 8.87. The molecule has 0 saturated carbocycles. The number of para-hydroxylation sites is 1. The van der Waals surface area contributed by atoms with Crippen molar-refractivity contribution >= 4 is 38.3 Å². The predicted molar refractivity (Wildman–Crippen MR) is 130 cm³/mol. The molecule has 164 valence electrons.